The molecule has 0 aliphatic carbocycles. The molecule has 1 aromatic heterocycles. The van der Waals surface area contributed by atoms with Gasteiger partial charge in [-0.25, -0.2) is 0 Å². The van der Waals surface area contributed by atoms with Crippen LogP contribution in [0.25, 0.3) is 10.9 Å². The van der Waals surface area contributed by atoms with E-state index < -0.39 is 0 Å². The zero-order valence-electron chi connectivity index (χ0n) is 8.04. The Bertz CT molecular complexity index is 432. The number of fused-ring (bicyclic) bond motifs is 1. The van der Waals surface area contributed by atoms with Gasteiger partial charge in [0, 0.05) is 11.6 Å². The third kappa shape index (κ3) is 1.31. The van der Waals surface area contributed by atoms with Crippen LogP contribution in [0.15, 0.2) is 30.5 Å². The van der Waals surface area contributed by atoms with Gasteiger partial charge < -0.3 is 0 Å². The first-order valence-electron chi connectivity index (χ1n) is 4.66. The summed E-state index contributed by atoms with van der Waals surface area (Å²) >= 11 is 0. The number of hydrogen-bond acceptors (Lipinski definition) is 1. The second-order valence-corrected chi connectivity index (χ2v) is 3.29. The largest absolute Gasteiger partial charge is 0.256 e. The molecule has 0 aliphatic heterocycles. The zero-order valence-corrected chi connectivity index (χ0v) is 8.04. The lowest BCUT2D eigenvalue weighted by atomic mass is 10.0. The van der Waals surface area contributed by atoms with Crippen molar-refractivity contribution in [2.24, 2.45) is 0 Å². The SMILES string of the molecule is CCc1ccc(C)c2ncccc12. The third-order valence-electron chi connectivity index (χ3n) is 2.44. The van der Waals surface area contributed by atoms with Gasteiger partial charge in [0.1, 0.15) is 0 Å². The first kappa shape index (κ1) is 8.24. The fourth-order valence-electron chi connectivity index (χ4n) is 1.68. The number of benzene rings is 1. The number of hydrogen-bond donors (Lipinski definition) is 0. The summed E-state index contributed by atoms with van der Waals surface area (Å²) in [6.07, 6.45) is 2.93. The molecule has 0 unspecified atom stereocenters. The van der Waals surface area contributed by atoms with Gasteiger partial charge in [0.2, 0.25) is 0 Å². The van der Waals surface area contributed by atoms with Crippen molar-refractivity contribution in [1.29, 1.82) is 0 Å². The Hall–Kier alpha value is -1.37. The molecule has 2 rings (SSSR count). The van der Waals surface area contributed by atoms with E-state index in [1.165, 1.54) is 16.5 Å². The lowest BCUT2D eigenvalue weighted by Crippen LogP contribution is -1.88. The molecule has 0 radical (unpaired) electrons. The Labute approximate surface area is 78.4 Å². The minimum atomic E-state index is 1.07. The van der Waals surface area contributed by atoms with Gasteiger partial charge in [0.25, 0.3) is 0 Å². The zero-order chi connectivity index (χ0) is 9.26. The van der Waals surface area contributed by atoms with Gasteiger partial charge in [-0.05, 0) is 30.5 Å². The maximum atomic E-state index is 4.39. The summed E-state index contributed by atoms with van der Waals surface area (Å²) < 4.78 is 0. The van der Waals surface area contributed by atoms with Crippen molar-refractivity contribution in [3.05, 3.63) is 41.6 Å². The van der Waals surface area contributed by atoms with Gasteiger partial charge in [-0.2, -0.15) is 0 Å². The molecular formula is C12H13N. The summed E-state index contributed by atoms with van der Waals surface area (Å²) in [7, 11) is 0. The standard InChI is InChI=1S/C12H13N/c1-3-10-7-6-9(2)12-11(10)5-4-8-13-12/h4-8H,3H2,1-2H3. The van der Waals surface area contributed by atoms with Crippen molar-refractivity contribution in [2.45, 2.75) is 20.3 Å². The van der Waals surface area contributed by atoms with Crippen molar-refractivity contribution >= 4 is 10.9 Å². The van der Waals surface area contributed by atoms with Crippen molar-refractivity contribution in [2.75, 3.05) is 0 Å². The van der Waals surface area contributed by atoms with Crippen LogP contribution in [0, 0.1) is 6.92 Å². The van der Waals surface area contributed by atoms with Crippen LogP contribution in [0.3, 0.4) is 0 Å². The number of aromatic nitrogens is 1. The van der Waals surface area contributed by atoms with E-state index in [9.17, 15) is 0 Å². The van der Waals surface area contributed by atoms with Crippen molar-refractivity contribution in [3.8, 4) is 0 Å². The van der Waals surface area contributed by atoms with Crippen LogP contribution in [0.5, 0.6) is 0 Å². The molecule has 0 saturated carbocycles. The average molecular weight is 171 g/mol. The van der Waals surface area contributed by atoms with E-state index in [4.69, 9.17) is 0 Å². The fraction of sp³-hybridized carbons (Fsp3) is 0.250. The van der Waals surface area contributed by atoms with Gasteiger partial charge in [0.05, 0.1) is 5.52 Å². The number of rotatable bonds is 1. The quantitative estimate of drug-likeness (QED) is 0.642. The fourth-order valence-corrected chi connectivity index (χ4v) is 1.68. The highest BCUT2D eigenvalue weighted by molar-refractivity contribution is 5.84. The predicted molar refractivity (Wildman–Crippen MR) is 55.9 cm³/mol. The Morgan fingerprint density at radius 1 is 1.23 bits per heavy atom. The topological polar surface area (TPSA) is 12.9 Å². The molecule has 0 bridgehead atoms. The normalized spacial score (nSPS) is 10.6. The maximum Gasteiger partial charge on any atom is 0.0733 e. The Morgan fingerprint density at radius 3 is 2.85 bits per heavy atom. The van der Waals surface area contributed by atoms with E-state index in [2.05, 4.69) is 37.0 Å². The molecular weight excluding hydrogens is 158 g/mol. The summed E-state index contributed by atoms with van der Waals surface area (Å²) in [5.41, 5.74) is 3.78. The number of aryl methyl sites for hydroxylation is 2. The lowest BCUT2D eigenvalue weighted by molar-refractivity contribution is 1.15. The van der Waals surface area contributed by atoms with Crippen LogP contribution >= 0.6 is 0 Å². The molecule has 1 aromatic carbocycles. The minimum Gasteiger partial charge on any atom is -0.256 e. The summed E-state index contributed by atoms with van der Waals surface area (Å²) in [5, 5.41) is 1.30. The molecule has 0 fully saturated rings. The van der Waals surface area contributed by atoms with E-state index in [1.807, 2.05) is 12.3 Å². The second kappa shape index (κ2) is 3.17. The van der Waals surface area contributed by atoms with Gasteiger partial charge in [-0.15, -0.1) is 0 Å². The summed E-state index contributed by atoms with van der Waals surface area (Å²) in [6.45, 7) is 4.28. The molecule has 13 heavy (non-hydrogen) atoms. The van der Waals surface area contributed by atoms with Crippen LogP contribution in [0.2, 0.25) is 0 Å². The van der Waals surface area contributed by atoms with E-state index in [1.54, 1.807) is 0 Å². The monoisotopic (exact) mass is 171 g/mol. The van der Waals surface area contributed by atoms with Crippen LogP contribution in [0.4, 0.5) is 0 Å². The van der Waals surface area contributed by atoms with Crippen LogP contribution in [0.1, 0.15) is 18.1 Å². The molecule has 0 spiro atoms. The molecule has 0 saturated heterocycles. The highest BCUT2D eigenvalue weighted by Gasteiger charge is 2.01. The second-order valence-electron chi connectivity index (χ2n) is 3.29. The van der Waals surface area contributed by atoms with Crippen LogP contribution in [-0.4, -0.2) is 4.98 Å². The highest BCUT2D eigenvalue weighted by Crippen LogP contribution is 2.20. The first-order valence-corrected chi connectivity index (χ1v) is 4.66. The maximum absolute atomic E-state index is 4.39. The van der Waals surface area contributed by atoms with Gasteiger partial charge in [0.15, 0.2) is 0 Å². The van der Waals surface area contributed by atoms with Crippen molar-refractivity contribution in [1.82, 2.24) is 4.98 Å². The van der Waals surface area contributed by atoms with E-state index >= 15 is 0 Å². The molecule has 0 atom stereocenters. The smallest absolute Gasteiger partial charge is 0.0733 e. The molecule has 0 amide bonds. The Kier molecular flexibility index (Phi) is 2.01. The number of nitrogens with zero attached hydrogens (tertiary/aromatic N) is 1. The lowest BCUT2D eigenvalue weighted by Gasteiger charge is -2.05. The Balaban J connectivity index is 2.84. The Morgan fingerprint density at radius 2 is 2.08 bits per heavy atom. The molecule has 0 aliphatic rings. The molecule has 0 N–H and O–H groups in total. The molecule has 1 nitrogen and oxygen atoms in total. The van der Waals surface area contributed by atoms with Crippen LogP contribution < -0.4 is 0 Å². The number of pyridine rings is 1. The molecule has 2 aromatic rings. The minimum absolute atomic E-state index is 1.07. The molecule has 66 valence electrons. The summed E-state index contributed by atoms with van der Waals surface area (Å²) in [5.74, 6) is 0. The molecule has 1 heterocycles. The average Bonchev–Trinajstić information content (AvgIpc) is 2.19. The van der Waals surface area contributed by atoms with Crippen LogP contribution in [-0.2, 0) is 6.42 Å². The molecule has 1 heteroatoms. The van der Waals surface area contributed by atoms with E-state index in [0.717, 1.165) is 11.9 Å². The van der Waals surface area contributed by atoms with E-state index in [-0.39, 0.29) is 0 Å². The van der Waals surface area contributed by atoms with Crippen molar-refractivity contribution in [3.63, 3.8) is 0 Å². The van der Waals surface area contributed by atoms with Crippen molar-refractivity contribution < 1.29 is 0 Å². The summed E-state index contributed by atoms with van der Waals surface area (Å²) in [4.78, 5) is 4.39. The summed E-state index contributed by atoms with van der Waals surface area (Å²) in [6, 6.07) is 8.49. The van der Waals surface area contributed by atoms with Gasteiger partial charge in [-0.3, -0.25) is 4.98 Å². The predicted octanol–water partition coefficient (Wildman–Crippen LogP) is 3.11. The third-order valence-corrected chi connectivity index (χ3v) is 2.44. The first-order chi connectivity index (χ1) is 6.33. The van der Waals surface area contributed by atoms with Gasteiger partial charge in [-0.1, -0.05) is 25.1 Å². The van der Waals surface area contributed by atoms with Gasteiger partial charge >= 0.3 is 0 Å². The highest BCUT2D eigenvalue weighted by atomic mass is 14.6. The van der Waals surface area contributed by atoms with E-state index in [0.29, 0.717) is 0 Å².